The Bertz CT molecular complexity index is 464. The maximum atomic E-state index is 2.55. The van der Waals surface area contributed by atoms with Crippen molar-refractivity contribution >= 4 is 31.3 Å². The average Bonchev–Trinajstić information content (AvgIpc) is 2.94. The molecule has 1 fully saturated rings. The summed E-state index contributed by atoms with van der Waals surface area (Å²) >= 11 is 0.574. The van der Waals surface area contributed by atoms with Crippen molar-refractivity contribution in [2.24, 2.45) is 0 Å². The van der Waals surface area contributed by atoms with Crippen molar-refractivity contribution < 1.29 is 4.58 Å². The van der Waals surface area contributed by atoms with Gasteiger partial charge in [0.25, 0.3) is 0 Å². The van der Waals surface area contributed by atoms with Gasteiger partial charge in [0.05, 0.1) is 0 Å². The Hall–Kier alpha value is -1.05. The Morgan fingerprint density at radius 1 is 1.16 bits per heavy atom. The predicted molar refractivity (Wildman–Crippen MR) is 85.7 cm³/mol. The van der Waals surface area contributed by atoms with Crippen LogP contribution < -0.4 is 4.90 Å². The van der Waals surface area contributed by atoms with Crippen molar-refractivity contribution in [1.82, 2.24) is 0 Å². The summed E-state index contributed by atoms with van der Waals surface area (Å²) in [5.74, 6) is 2.31. The maximum absolute atomic E-state index is 2.55. The standard InChI is InChI=1S/C16H23N2Se/c1-17(2)15-9-6-14(7-10-15)8-11-16(19-3)18-12-4-5-13-18/h6-11H,4-5,12-13H2,1-3H3/q+1. The molecule has 0 unspecified atom stereocenters. The van der Waals surface area contributed by atoms with Crippen LogP contribution in [-0.4, -0.2) is 51.3 Å². The van der Waals surface area contributed by atoms with Gasteiger partial charge in [0.15, 0.2) is 0 Å². The van der Waals surface area contributed by atoms with Gasteiger partial charge in [0.1, 0.15) is 0 Å². The van der Waals surface area contributed by atoms with E-state index in [1.54, 1.807) is 0 Å². The summed E-state index contributed by atoms with van der Waals surface area (Å²) in [4.78, 5) is 2.13. The number of benzene rings is 1. The number of allylic oxidation sites excluding steroid dienone is 1. The second kappa shape index (κ2) is 6.93. The monoisotopic (exact) mass is 323 g/mol. The van der Waals surface area contributed by atoms with Gasteiger partial charge >= 0.3 is 123 Å². The average molecular weight is 322 g/mol. The van der Waals surface area contributed by atoms with Gasteiger partial charge in [-0.25, -0.2) is 0 Å². The van der Waals surface area contributed by atoms with Crippen LogP contribution >= 0.6 is 0 Å². The van der Waals surface area contributed by atoms with Crippen LogP contribution in [0.2, 0.25) is 5.82 Å². The summed E-state index contributed by atoms with van der Waals surface area (Å²) in [6.45, 7) is 2.49. The Morgan fingerprint density at radius 2 is 1.79 bits per heavy atom. The zero-order valence-corrected chi connectivity index (χ0v) is 13.8. The number of nitrogens with zero attached hydrogens (tertiary/aromatic N) is 2. The summed E-state index contributed by atoms with van der Waals surface area (Å²) in [6.07, 6.45) is 7.27. The molecule has 0 amide bonds. The molecule has 1 saturated heterocycles. The third kappa shape index (κ3) is 3.95. The molecule has 1 aliphatic heterocycles. The first kappa shape index (κ1) is 14.4. The normalized spacial score (nSPS) is 15.2. The van der Waals surface area contributed by atoms with Gasteiger partial charge in [0.2, 0.25) is 0 Å². The Labute approximate surface area is 123 Å². The van der Waals surface area contributed by atoms with Crippen molar-refractivity contribution in [3.63, 3.8) is 0 Å². The molecule has 2 nitrogen and oxygen atoms in total. The van der Waals surface area contributed by atoms with Crippen LogP contribution in [0.15, 0.2) is 30.3 Å². The molecular formula is C16H23N2Se+. The van der Waals surface area contributed by atoms with Crippen LogP contribution in [0.1, 0.15) is 18.4 Å². The van der Waals surface area contributed by atoms with E-state index in [-0.39, 0.29) is 0 Å². The zero-order valence-electron chi connectivity index (χ0n) is 12.1. The number of anilines is 1. The van der Waals surface area contributed by atoms with E-state index < -0.39 is 0 Å². The molecule has 3 heteroatoms. The van der Waals surface area contributed by atoms with E-state index >= 15 is 0 Å². The van der Waals surface area contributed by atoms with Gasteiger partial charge < -0.3 is 0 Å². The van der Waals surface area contributed by atoms with Gasteiger partial charge in [-0.15, -0.1) is 0 Å². The fraction of sp³-hybridized carbons (Fsp3) is 0.438. The van der Waals surface area contributed by atoms with Crippen LogP contribution in [0, 0.1) is 0 Å². The topological polar surface area (TPSA) is 6.25 Å². The van der Waals surface area contributed by atoms with Crippen LogP contribution in [0.25, 0.3) is 6.08 Å². The van der Waals surface area contributed by atoms with E-state index in [0.29, 0.717) is 15.0 Å². The summed E-state index contributed by atoms with van der Waals surface area (Å²) in [5.41, 5.74) is 2.53. The van der Waals surface area contributed by atoms with Gasteiger partial charge in [-0.1, -0.05) is 0 Å². The Morgan fingerprint density at radius 3 is 2.32 bits per heavy atom. The number of rotatable bonds is 4. The molecule has 0 N–H and O–H groups in total. The van der Waals surface area contributed by atoms with E-state index in [0.717, 1.165) is 0 Å². The quantitative estimate of drug-likeness (QED) is 0.610. The third-order valence-corrected chi connectivity index (χ3v) is 5.16. The molecule has 2 rings (SSSR count). The zero-order chi connectivity index (χ0) is 13.7. The summed E-state index contributed by atoms with van der Waals surface area (Å²) in [5, 5.41) is 0. The molecule has 1 aromatic rings. The van der Waals surface area contributed by atoms with Crippen LogP contribution in [0.4, 0.5) is 5.69 Å². The summed E-state index contributed by atoms with van der Waals surface area (Å²) in [7, 11) is 4.15. The van der Waals surface area contributed by atoms with Crippen molar-refractivity contribution in [2.45, 2.75) is 18.7 Å². The second-order valence-electron chi connectivity index (χ2n) is 5.06. The molecule has 0 atom stereocenters. The van der Waals surface area contributed by atoms with E-state index in [9.17, 15) is 0 Å². The van der Waals surface area contributed by atoms with Crippen LogP contribution in [0.5, 0.6) is 0 Å². The molecule has 0 aliphatic carbocycles. The Balaban J connectivity index is 2.10. The third-order valence-electron chi connectivity index (χ3n) is 3.45. The molecular weight excluding hydrogens is 299 g/mol. The van der Waals surface area contributed by atoms with Gasteiger partial charge in [-0.05, 0) is 0 Å². The predicted octanol–water partition coefficient (Wildman–Crippen LogP) is 2.72. The summed E-state index contributed by atoms with van der Waals surface area (Å²) < 4.78 is 4.08. The first-order chi connectivity index (χ1) is 9.20. The van der Waals surface area contributed by atoms with E-state index in [2.05, 4.69) is 65.8 Å². The fourth-order valence-corrected chi connectivity index (χ4v) is 3.64. The van der Waals surface area contributed by atoms with Gasteiger partial charge in [-0.2, -0.15) is 0 Å². The molecule has 1 heterocycles. The van der Waals surface area contributed by atoms with Crippen molar-refractivity contribution in [3.05, 3.63) is 35.9 Å². The SMILES string of the molecule is C[Se]C(/C=C/c1ccc(N(C)C)cc1)=[N+]1CCCC1. The second-order valence-corrected chi connectivity index (χ2v) is 6.79. The van der Waals surface area contributed by atoms with Gasteiger partial charge in [-0.3, -0.25) is 0 Å². The van der Waals surface area contributed by atoms with E-state index in [4.69, 9.17) is 0 Å². The van der Waals surface area contributed by atoms with E-state index in [1.807, 2.05) is 0 Å². The molecule has 1 aromatic carbocycles. The molecule has 0 saturated carbocycles. The molecule has 0 bridgehead atoms. The molecule has 1 aliphatic rings. The molecule has 19 heavy (non-hydrogen) atoms. The molecule has 0 radical (unpaired) electrons. The molecule has 102 valence electrons. The van der Waals surface area contributed by atoms with Crippen molar-refractivity contribution in [3.8, 4) is 0 Å². The molecule has 0 aromatic heterocycles. The number of hydrogen-bond acceptors (Lipinski definition) is 1. The van der Waals surface area contributed by atoms with Gasteiger partial charge in [0, 0.05) is 0 Å². The first-order valence-electron chi connectivity index (χ1n) is 6.82. The Kier molecular flexibility index (Phi) is 5.24. The number of hydrogen-bond donors (Lipinski definition) is 0. The minimum absolute atomic E-state index is 0.574. The molecule has 0 spiro atoms. The summed E-state index contributed by atoms with van der Waals surface area (Å²) in [6, 6.07) is 8.73. The minimum atomic E-state index is 0.574. The van der Waals surface area contributed by atoms with Crippen molar-refractivity contribution in [1.29, 1.82) is 0 Å². The van der Waals surface area contributed by atoms with E-state index in [1.165, 1.54) is 41.8 Å². The van der Waals surface area contributed by atoms with Crippen molar-refractivity contribution in [2.75, 3.05) is 32.1 Å². The first-order valence-corrected chi connectivity index (χ1v) is 9.39. The van der Waals surface area contributed by atoms with Crippen LogP contribution in [-0.2, 0) is 0 Å². The van der Waals surface area contributed by atoms with Crippen LogP contribution in [0.3, 0.4) is 0 Å². The fourth-order valence-electron chi connectivity index (χ4n) is 2.29.